The third-order valence-electron chi connectivity index (χ3n) is 5.45. The van der Waals surface area contributed by atoms with Gasteiger partial charge in [-0.25, -0.2) is 4.79 Å². The number of aliphatic hydroxyl groups is 2. The summed E-state index contributed by atoms with van der Waals surface area (Å²) in [6.45, 7) is 9.24. The summed E-state index contributed by atoms with van der Waals surface area (Å²) in [5, 5.41) is 20.8. The molecule has 0 amide bonds. The van der Waals surface area contributed by atoms with Gasteiger partial charge in [-0.2, -0.15) is 0 Å². The van der Waals surface area contributed by atoms with Gasteiger partial charge in [-0.1, -0.05) is 26.5 Å². The number of ketones is 1. The average molecular weight is 438 g/mol. The highest BCUT2D eigenvalue weighted by atomic mass is 16.6. The van der Waals surface area contributed by atoms with Crippen molar-refractivity contribution in [3.8, 4) is 0 Å². The van der Waals surface area contributed by atoms with Gasteiger partial charge in [-0.15, -0.1) is 0 Å². The van der Waals surface area contributed by atoms with E-state index in [0.717, 1.165) is 19.9 Å². The van der Waals surface area contributed by atoms with Crippen LogP contribution in [0.4, 0.5) is 0 Å². The van der Waals surface area contributed by atoms with Gasteiger partial charge in [0, 0.05) is 31.4 Å². The third-order valence-corrected chi connectivity index (χ3v) is 5.45. The van der Waals surface area contributed by atoms with Gasteiger partial charge < -0.3 is 24.4 Å². The van der Waals surface area contributed by atoms with Crippen molar-refractivity contribution in [3.63, 3.8) is 0 Å². The van der Waals surface area contributed by atoms with Crippen LogP contribution in [0.15, 0.2) is 24.3 Å². The van der Waals surface area contributed by atoms with Crippen LogP contribution in [0.25, 0.3) is 0 Å². The molecular weight excluding hydrogens is 408 g/mol. The van der Waals surface area contributed by atoms with Crippen molar-refractivity contribution in [2.45, 2.75) is 64.4 Å². The topological polar surface area (TPSA) is 136 Å². The Hall–Kier alpha value is -2.52. The Morgan fingerprint density at radius 3 is 2.52 bits per heavy atom. The highest BCUT2D eigenvalue weighted by Crippen LogP contribution is 2.40. The summed E-state index contributed by atoms with van der Waals surface area (Å²) in [4.78, 5) is 49.5. The number of esters is 3. The SMILES string of the molecule is C=C1C(=O)OC2CC(CO)C=CC(=O)C(C)(O)C(OC(C)=O)C(OC(=O)CC(C)C)C12. The average Bonchev–Trinajstić information content (AvgIpc) is 2.93. The molecule has 6 atom stereocenters. The number of rotatable bonds is 5. The van der Waals surface area contributed by atoms with Crippen molar-refractivity contribution in [1.29, 1.82) is 0 Å². The van der Waals surface area contributed by atoms with Gasteiger partial charge >= 0.3 is 17.9 Å². The van der Waals surface area contributed by atoms with Gasteiger partial charge in [-0.3, -0.25) is 14.4 Å². The van der Waals surface area contributed by atoms with Crippen molar-refractivity contribution in [1.82, 2.24) is 0 Å². The zero-order chi connectivity index (χ0) is 23.5. The maximum absolute atomic E-state index is 12.8. The second-order valence-corrected chi connectivity index (χ2v) is 8.63. The molecule has 0 bridgehead atoms. The smallest absolute Gasteiger partial charge is 0.334 e. The lowest BCUT2D eigenvalue weighted by Gasteiger charge is -2.39. The molecule has 0 saturated carbocycles. The van der Waals surface area contributed by atoms with Gasteiger partial charge in [0.1, 0.15) is 6.10 Å². The van der Waals surface area contributed by atoms with Crippen LogP contribution < -0.4 is 0 Å². The van der Waals surface area contributed by atoms with E-state index in [9.17, 15) is 29.4 Å². The van der Waals surface area contributed by atoms with Crippen molar-refractivity contribution in [2.24, 2.45) is 17.8 Å². The first-order valence-corrected chi connectivity index (χ1v) is 10.2. The Labute approximate surface area is 181 Å². The lowest BCUT2D eigenvalue weighted by Crippen LogP contribution is -2.58. The molecular formula is C22H30O9. The molecule has 0 spiro atoms. The highest BCUT2D eigenvalue weighted by molar-refractivity contribution is 5.97. The Morgan fingerprint density at radius 2 is 1.97 bits per heavy atom. The predicted molar refractivity (Wildman–Crippen MR) is 107 cm³/mol. The summed E-state index contributed by atoms with van der Waals surface area (Å²) >= 11 is 0. The second kappa shape index (κ2) is 9.74. The number of aliphatic hydroxyl groups excluding tert-OH is 1. The number of hydrogen-bond donors (Lipinski definition) is 2. The molecule has 1 fully saturated rings. The number of carbonyl (C=O) groups excluding carboxylic acids is 4. The number of carbonyl (C=O) groups is 4. The van der Waals surface area contributed by atoms with E-state index in [2.05, 4.69) is 6.58 Å². The molecule has 6 unspecified atom stereocenters. The van der Waals surface area contributed by atoms with Crippen LogP contribution in [0.3, 0.4) is 0 Å². The molecule has 0 aromatic carbocycles. The lowest BCUT2D eigenvalue weighted by molar-refractivity contribution is -0.196. The minimum atomic E-state index is -2.29. The fourth-order valence-electron chi connectivity index (χ4n) is 3.83. The van der Waals surface area contributed by atoms with E-state index in [-0.39, 0.29) is 30.9 Å². The van der Waals surface area contributed by atoms with E-state index in [1.165, 1.54) is 6.08 Å². The number of ether oxygens (including phenoxy) is 3. The predicted octanol–water partition coefficient (Wildman–Crippen LogP) is 0.862. The van der Waals surface area contributed by atoms with Crippen molar-refractivity contribution in [3.05, 3.63) is 24.3 Å². The van der Waals surface area contributed by atoms with Gasteiger partial charge in [-0.05, 0) is 25.3 Å². The summed E-state index contributed by atoms with van der Waals surface area (Å²) in [5.74, 6) is -4.62. The van der Waals surface area contributed by atoms with Crippen LogP contribution in [0, 0.1) is 17.8 Å². The molecule has 1 heterocycles. The maximum atomic E-state index is 12.8. The third kappa shape index (κ3) is 5.59. The highest BCUT2D eigenvalue weighted by Gasteiger charge is 2.56. The second-order valence-electron chi connectivity index (χ2n) is 8.63. The summed E-state index contributed by atoms with van der Waals surface area (Å²) in [6.07, 6.45) is -1.29. The molecule has 0 aromatic heterocycles. The first kappa shape index (κ1) is 24.7. The molecule has 9 heteroatoms. The molecule has 1 aliphatic heterocycles. The summed E-state index contributed by atoms with van der Waals surface area (Å²) < 4.78 is 16.3. The van der Waals surface area contributed by atoms with Gasteiger partial charge in [0.25, 0.3) is 0 Å². The zero-order valence-corrected chi connectivity index (χ0v) is 18.2. The van der Waals surface area contributed by atoms with Crippen LogP contribution >= 0.6 is 0 Å². The minimum Gasteiger partial charge on any atom is -0.458 e. The quantitative estimate of drug-likeness (QED) is 0.364. The van der Waals surface area contributed by atoms with Crippen LogP contribution in [0.1, 0.15) is 40.5 Å². The fraction of sp³-hybridized carbons (Fsp3) is 0.636. The molecule has 1 saturated heterocycles. The van der Waals surface area contributed by atoms with E-state index in [4.69, 9.17) is 14.2 Å². The Balaban J connectivity index is 2.64. The van der Waals surface area contributed by atoms with E-state index in [0.29, 0.717) is 0 Å². The number of fused-ring (bicyclic) bond motifs is 1. The Bertz CT molecular complexity index is 780. The summed E-state index contributed by atoms with van der Waals surface area (Å²) in [6, 6.07) is 0. The van der Waals surface area contributed by atoms with Crippen molar-refractivity contribution >= 4 is 23.7 Å². The summed E-state index contributed by atoms with van der Waals surface area (Å²) in [5.41, 5.74) is -2.33. The van der Waals surface area contributed by atoms with E-state index < -0.39 is 59.4 Å². The molecule has 0 radical (unpaired) electrons. The van der Waals surface area contributed by atoms with Crippen molar-refractivity contribution < 1.29 is 43.6 Å². The van der Waals surface area contributed by atoms with E-state index in [1.54, 1.807) is 13.8 Å². The Kier molecular flexibility index (Phi) is 7.77. The van der Waals surface area contributed by atoms with Crippen LogP contribution in [-0.4, -0.2) is 64.4 Å². The van der Waals surface area contributed by atoms with Crippen LogP contribution in [0.2, 0.25) is 0 Å². The first-order chi connectivity index (χ1) is 14.4. The van der Waals surface area contributed by atoms with Gasteiger partial charge in [0.2, 0.25) is 0 Å². The molecule has 2 N–H and O–H groups in total. The van der Waals surface area contributed by atoms with Crippen LogP contribution in [0.5, 0.6) is 0 Å². The fourth-order valence-corrected chi connectivity index (χ4v) is 3.83. The minimum absolute atomic E-state index is 0.0250. The zero-order valence-electron chi connectivity index (χ0n) is 18.2. The largest absolute Gasteiger partial charge is 0.458 e. The normalized spacial score (nSPS) is 33.6. The molecule has 0 aromatic rings. The molecule has 172 valence electrons. The molecule has 9 nitrogen and oxygen atoms in total. The van der Waals surface area contributed by atoms with Gasteiger partial charge in [0.15, 0.2) is 23.6 Å². The molecule has 2 aliphatic rings. The van der Waals surface area contributed by atoms with E-state index in [1.807, 2.05) is 0 Å². The van der Waals surface area contributed by atoms with Gasteiger partial charge in [0.05, 0.1) is 5.92 Å². The molecule has 1 aliphatic carbocycles. The monoisotopic (exact) mass is 438 g/mol. The Morgan fingerprint density at radius 1 is 1.32 bits per heavy atom. The maximum Gasteiger partial charge on any atom is 0.334 e. The van der Waals surface area contributed by atoms with E-state index >= 15 is 0 Å². The van der Waals surface area contributed by atoms with Crippen molar-refractivity contribution in [2.75, 3.05) is 6.61 Å². The molecule has 31 heavy (non-hydrogen) atoms. The lowest BCUT2D eigenvalue weighted by atomic mass is 9.77. The summed E-state index contributed by atoms with van der Waals surface area (Å²) in [7, 11) is 0. The first-order valence-electron chi connectivity index (χ1n) is 10.2. The number of hydrogen-bond acceptors (Lipinski definition) is 9. The standard InChI is InChI=1S/C22H30O9/c1-11(2)8-17(26)31-19-18-12(3)21(27)30-15(18)9-14(10-23)6-7-16(25)22(5,28)20(19)29-13(4)24/h6-7,11,14-15,18-20,23,28H,3,8-10H2,1-2,4-5H3. The van der Waals surface area contributed by atoms with Crippen LogP contribution in [-0.2, 0) is 33.4 Å². The molecule has 2 rings (SSSR count).